The molecule has 0 spiro atoms. The number of ether oxygens (including phenoxy) is 1. The Morgan fingerprint density at radius 2 is 2.07 bits per heavy atom. The van der Waals surface area contributed by atoms with E-state index in [4.69, 9.17) is 34.8 Å². The Bertz CT molecular complexity index is 756. The Morgan fingerprint density at radius 3 is 2.70 bits per heavy atom. The lowest BCUT2D eigenvalue weighted by molar-refractivity contribution is -0.145. The van der Waals surface area contributed by atoms with Crippen LogP contribution in [0.1, 0.15) is 51.4 Å². The molecule has 1 N–H and O–H groups in total. The highest BCUT2D eigenvalue weighted by molar-refractivity contribution is 6.67. The fourth-order valence-electron chi connectivity index (χ4n) is 4.03. The summed E-state index contributed by atoms with van der Waals surface area (Å²) >= 11 is 18.4. The average Bonchev–Trinajstić information content (AvgIpc) is 2.98. The molecular weight excluding hydrogens is 453 g/mol. The number of carbonyl (C=O) groups excluding carboxylic acids is 2. The molecule has 1 aliphatic carbocycles. The molecule has 2 aliphatic rings. The van der Waals surface area contributed by atoms with Crippen LogP contribution in [0.4, 0.5) is 0 Å². The van der Waals surface area contributed by atoms with Crippen molar-refractivity contribution in [2.24, 2.45) is 5.92 Å². The quantitative estimate of drug-likeness (QED) is 0.253. The summed E-state index contributed by atoms with van der Waals surface area (Å²) < 4.78 is 2.90. The highest BCUT2D eigenvalue weighted by atomic mass is 35.6. The highest BCUT2D eigenvalue weighted by Gasteiger charge is 2.48. The fraction of sp³-hybridized carbons (Fsp3) is 0.571. The maximum Gasteiger partial charge on any atom is 0.352 e. The number of nitrogens with zero attached hydrogens (tertiary/aromatic N) is 1. The second kappa shape index (κ2) is 10.7. The van der Waals surface area contributed by atoms with Crippen molar-refractivity contribution < 1.29 is 24.2 Å². The second-order valence-electron chi connectivity index (χ2n) is 7.55. The van der Waals surface area contributed by atoms with Gasteiger partial charge in [-0.15, -0.1) is 0 Å². The first kappa shape index (κ1) is 24.8. The van der Waals surface area contributed by atoms with Crippen molar-refractivity contribution in [1.82, 2.24) is 4.90 Å². The van der Waals surface area contributed by atoms with Crippen LogP contribution in [-0.4, -0.2) is 44.3 Å². The molecule has 0 aromatic heterocycles. The molecule has 2 rings (SSSR count). The van der Waals surface area contributed by atoms with Gasteiger partial charge in [0.05, 0.1) is 12.6 Å². The third-order valence-corrected chi connectivity index (χ3v) is 5.77. The Labute approximate surface area is 191 Å². The van der Waals surface area contributed by atoms with Crippen LogP contribution in [0.15, 0.2) is 36.1 Å². The number of aliphatic carboxylic acids is 1. The molecule has 9 heteroatoms. The predicted molar refractivity (Wildman–Crippen MR) is 116 cm³/mol. The van der Waals surface area contributed by atoms with Gasteiger partial charge >= 0.3 is 11.9 Å². The number of allylic oxidation sites excluding steroid dienone is 3. The first-order chi connectivity index (χ1) is 14.1. The van der Waals surface area contributed by atoms with Gasteiger partial charge in [0, 0.05) is 18.4 Å². The third-order valence-electron chi connectivity index (χ3n) is 5.37. The molecule has 1 amide bonds. The number of halogens is 3. The van der Waals surface area contributed by atoms with Gasteiger partial charge in [-0.1, -0.05) is 65.5 Å². The van der Waals surface area contributed by atoms with Crippen molar-refractivity contribution in [2.75, 3.05) is 7.11 Å². The molecule has 0 radical (unpaired) electrons. The predicted octanol–water partition coefficient (Wildman–Crippen LogP) is 4.94. The molecule has 0 aromatic rings. The Hall–Kier alpha value is -1.50. The van der Waals surface area contributed by atoms with Crippen molar-refractivity contribution in [3.05, 3.63) is 36.1 Å². The summed E-state index contributed by atoms with van der Waals surface area (Å²) in [4.78, 5) is 38.4. The SMILES string of the molecule is COC(=O)C=CCC1CCC=C(C(=O)O)N(C2(CC(Cl)(Cl)Cl)C=CCCCC2)C1=O. The third kappa shape index (κ3) is 6.50. The Balaban J connectivity index is 2.48. The molecule has 2 unspecified atom stereocenters. The van der Waals surface area contributed by atoms with Crippen molar-refractivity contribution in [3.8, 4) is 0 Å². The van der Waals surface area contributed by atoms with Gasteiger partial charge in [-0.3, -0.25) is 9.69 Å². The molecule has 0 saturated heterocycles. The zero-order chi connectivity index (χ0) is 22.4. The lowest BCUT2D eigenvalue weighted by Crippen LogP contribution is -2.54. The molecule has 0 bridgehead atoms. The lowest BCUT2D eigenvalue weighted by atomic mass is 9.86. The van der Waals surface area contributed by atoms with Gasteiger partial charge in [0.25, 0.3) is 0 Å². The molecular formula is C21H26Cl3NO5. The summed E-state index contributed by atoms with van der Waals surface area (Å²) in [5.41, 5.74) is -1.15. The molecule has 1 heterocycles. The first-order valence-electron chi connectivity index (χ1n) is 9.86. The van der Waals surface area contributed by atoms with Crippen LogP contribution in [-0.2, 0) is 19.1 Å². The molecule has 6 nitrogen and oxygen atoms in total. The number of methoxy groups -OCH3 is 1. The van der Waals surface area contributed by atoms with Crippen molar-refractivity contribution >= 4 is 52.6 Å². The molecule has 30 heavy (non-hydrogen) atoms. The fourth-order valence-corrected chi connectivity index (χ4v) is 4.73. The molecule has 166 valence electrons. The van der Waals surface area contributed by atoms with Crippen LogP contribution in [0.2, 0.25) is 0 Å². The number of rotatable bonds is 6. The van der Waals surface area contributed by atoms with Gasteiger partial charge in [0.15, 0.2) is 3.79 Å². The van der Waals surface area contributed by atoms with E-state index in [9.17, 15) is 19.5 Å². The van der Waals surface area contributed by atoms with Gasteiger partial charge in [-0.25, -0.2) is 9.59 Å². The van der Waals surface area contributed by atoms with Crippen molar-refractivity contribution in [3.63, 3.8) is 0 Å². The van der Waals surface area contributed by atoms with Crippen LogP contribution in [0, 0.1) is 5.92 Å². The molecule has 2 atom stereocenters. The minimum absolute atomic E-state index is 0.0255. The smallest absolute Gasteiger partial charge is 0.352 e. The van der Waals surface area contributed by atoms with E-state index in [1.54, 1.807) is 12.2 Å². The maximum absolute atomic E-state index is 13.6. The summed E-state index contributed by atoms with van der Waals surface area (Å²) in [6.45, 7) is 0. The van der Waals surface area contributed by atoms with Crippen LogP contribution in [0.25, 0.3) is 0 Å². The van der Waals surface area contributed by atoms with Gasteiger partial charge in [-0.2, -0.15) is 0 Å². The first-order valence-corrected chi connectivity index (χ1v) is 11.0. The summed E-state index contributed by atoms with van der Waals surface area (Å²) in [5, 5.41) is 9.87. The molecule has 0 aromatic carbocycles. The van der Waals surface area contributed by atoms with E-state index in [0.29, 0.717) is 19.3 Å². The Morgan fingerprint density at radius 1 is 1.33 bits per heavy atom. The van der Waals surface area contributed by atoms with Crippen LogP contribution in [0.5, 0.6) is 0 Å². The number of carbonyl (C=O) groups is 3. The second-order valence-corrected chi connectivity index (χ2v) is 10.1. The van der Waals surface area contributed by atoms with Crippen molar-refractivity contribution in [1.29, 1.82) is 0 Å². The van der Waals surface area contributed by atoms with E-state index in [1.807, 2.05) is 12.2 Å². The average molecular weight is 479 g/mol. The van der Waals surface area contributed by atoms with E-state index < -0.39 is 27.2 Å². The highest BCUT2D eigenvalue weighted by Crippen LogP contribution is 2.45. The zero-order valence-electron chi connectivity index (χ0n) is 16.8. The summed E-state index contributed by atoms with van der Waals surface area (Å²) in [6.07, 6.45) is 12.2. The number of hydrogen-bond acceptors (Lipinski definition) is 4. The van der Waals surface area contributed by atoms with E-state index in [1.165, 1.54) is 18.1 Å². The number of alkyl halides is 3. The largest absolute Gasteiger partial charge is 0.477 e. The van der Waals surface area contributed by atoms with Gasteiger partial charge < -0.3 is 9.84 Å². The van der Waals surface area contributed by atoms with Gasteiger partial charge in [-0.05, 0) is 38.5 Å². The van der Waals surface area contributed by atoms with E-state index in [2.05, 4.69) is 4.74 Å². The minimum Gasteiger partial charge on any atom is -0.477 e. The van der Waals surface area contributed by atoms with Gasteiger partial charge in [0.1, 0.15) is 5.70 Å². The lowest BCUT2D eigenvalue weighted by Gasteiger charge is -2.44. The molecule has 0 saturated carbocycles. The number of carboxylic acid groups (broad SMARTS) is 1. The topological polar surface area (TPSA) is 83.9 Å². The monoisotopic (exact) mass is 477 g/mol. The summed E-state index contributed by atoms with van der Waals surface area (Å²) in [6, 6.07) is 0. The standard InChI is InChI=1S/C21H26Cl3NO5/c1-30-17(26)11-7-9-15-8-6-10-16(19(28)29)25(18(15)27)20(14-21(22,23)24)12-4-2-3-5-13-20/h4,7,10-12,15H,2-3,5-6,8-9,13-14H2,1H3,(H,28,29). The zero-order valence-corrected chi connectivity index (χ0v) is 19.1. The molecule has 0 fully saturated rings. The van der Waals surface area contributed by atoms with Gasteiger partial charge in [0.2, 0.25) is 5.91 Å². The summed E-state index contributed by atoms with van der Waals surface area (Å²) in [7, 11) is 1.27. The van der Waals surface area contributed by atoms with Crippen LogP contribution in [0.3, 0.4) is 0 Å². The van der Waals surface area contributed by atoms with E-state index in [0.717, 1.165) is 19.3 Å². The number of hydrogen-bond donors (Lipinski definition) is 1. The minimum atomic E-state index is -1.68. The number of carboxylic acids is 1. The number of amides is 1. The molecule has 1 aliphatic heterocycles. The Kier molecular flexibility index (Phi) is 8.83. The normalized spacial score (nSPS) is 25.6. The maximum atomic E-state index is 13.6. The van der Waals surface area contributed by atoms with E-state index >= 15 is 0 Å². The van der Waals surface area contributed by atoms with Crippen LogP contribution >= 0.6 is 34.8 Å². The number of esters is 1. The van der Waals surface area contributed by atoms with E-state index in [-0.39, 0.29) is 24.4 Å². The van der Waals surface area contributed by atoms with Crippen molar-refractivity contribution in [2.45, 2.75) is 60.7 Å². The summed E-state index contributed by atoms with van der Waals surface area (Å²) in [5.74, 6) is -2.58. The van der Waals surface area contributed by atoms with Crippen LogP contribution < -0.4 is 0 Å².